The van der Waals surface area contributed by atoms with Crippen molar-refractivity contribution < 1.29 is 4.79 Å². The Hall–Kier alpha value is -4.46. The molecule has 0 spiro atoms. The highest BCUT2D eigenvalue weighted by Gasteiger charge is 2.11. The number of imidazole rings is 1. The van der Waals surface area contributed by atoms with Crippen molar-refractivity contribution in [3.05, 3.63) is 88.5 Å². The predicted octanol–water partition coefficient (Wildman–Crippen LogP) is 3.54. The van der Waals surface area contributed by atoms with Gasteiger partial charge in [-0.2, -0.15) is 0 Å². The first-order valence-corrected chi connectivity index (χ1v) is 10.1. The normalized spacial score (nSPS) is 11.1. The summed E-state index contributed by atoms with van der Waals surface area (Å²) in [6, 6.07) is 18.9. The fourth-order valence-corrected chi connectivity index (χ4v) is 3.63. The number of pyridine rings is 2. The van der Waals surface area contributed by atoms with Gasteiger partial charge in [0.1, 0.15) is 5.82 Å². The zero-order chi connectivity index (χ0) is 22.2. The maximum atomic E-state index is 12.8. The summed E-state index contributed by atoms with van der Waals surface area (Å²) in [5.41, 5.74) is 10.5. The highest BCUT2D eigenvalue weighted by molar-refractivity contribution is 5.96. The summed E-state index contributed by atoms with van der Waals surface area (Å²) >= 11 is 0. The molecule has 0 aliphatic rings. The highest BCUT2D eigenvalue weighted by Crippen LogP contribution is 2.23. The van der Waals surface area contributed by atoms with Gasteiger partial charge in [0.2, 0.25) is 0 Å². The Balaban J connectivity index is 1.39. The number of aromatic nitrogens is 4. The molecule has 0 fully saturated rings. The number of hydrogen-bond donors (Lipinski definition) is 3. The Morgan fingerprint density at radius 2 is 1.88 bits per heavy atom. The lowest BCUT2D eigenvalue weighted by atomic mass is 10.0. The molecule has 0 bridgehead atoms. The van der Waals surface area contributed by atoms with Crippen molar-refractivity contribution in [3.8, 4) is 11.1 Å². The molecule has 8 nitrogen and oxygen atoms in total. The Morgan fingerprint density at radius 1 is 1.03 bits per heavy atom. The van der Waals surface area contributed by atoms with Crippen molar-refractivity contribution in [1.82, 2.24) is 24.9 Å². The molecule has 0 unspecified atom stereocenters. The number of rotatable bonds is 4. The van der Waals surface area contributed by atoms with E-state index in [0.717, 1.165) is 27.6 Å². The van der Waals surface area contributed by atoms with Crippen LogP contribution >= 0.6 is 0 Å². The molecule has 5 aromatic rings. The van der Waals surface area contributed by atoms with Gasteiger partial charge in [-0.3, -0.25) is 25.2 Å². The molecule has 5 rings (SSSR count). The van der Waals surface area contributed by atoms with Gasteiger partial charge in [-0.1, -0.05) is 30.3 Å². The number of carbonyl (C=O) groups excluding carboxylic acids is 1. The fraction of sp³-hybridized carbons (Fsp3) is 0.0833. The van der Waals surface area contributed by atoms with E-state index in [9.17, 15) is 9.59 Å². The number of hydrazine groups is 1. The van der Waals surface area contributed by atoms with Crippen LogP contribution in [0.5, 0.6) is 0 Å². The SMILES string of the molecule is Cc1cc2ccccc2nc1NNC(=O)c1cccc(-c2cnc3[nH]c(=O)n(C)c3c2)c1. The number of nitrogens with one attached hydrogen (secondary N) is 3. The van der Waals surface area contributed by atoms with Gasteiger partial charge in [0.25, 0.3) is 5.91 Å². The Morgan fingerprint density at radius 3 is 2.75 bits per heavy atom. The van der Waals surface area contributed by atoms with Gasteiger partial charge in [-0.15, -0.1) is 0 Å². The standard InChI is InChI=1S/C24H20N6O2/c1-14-10-16-6-3-4-9-19(16)26-21(14)28-29-23(31)17-8-5-7-15(11-17)18-12-20-22(25-13-18)27-24(32)30(20)2/h3-13H,1-2H3,(H,26,28)(H,29,31)(H,25,27,32). The summed E-state index contributed by atoms with van der Waals surface area (Å²) in [6.07, 6.45) is 1.68. The average Bonchev–Trinajstić information content (AvgIpc) is 3.10. The van der Waals surface area contributed by atoms with Crippen molar-refractivity contribution in [2.75, 3.05) is 5.43 Å². The van der Waals surface area contributed by atoms with Crippen LogP contribution in [0.4, 0.5) is 5.82 Å². The van der Waals surface area contributed by atoms with Crippen molar-refractivity contribution in [1.29, 1.82) is 0 Å². The minimum Gasteiger partial charge on any atom is -0.294 e. The molecule has 158 valence electrons. The zero-order valence-corrected chi connectivity index (χ0v) is 17.5. The van der Waals surface area contributed by atoms with Crippen LogP contribution in [0.3, 0.4) is 0 Å². The summed E-state index contributed by atoms with van der Waals surface area (Å²) in [5, 5.41) is 1.04. The summed E-state index contributed by atoms with van der Waals surface area (Å²) in [6.45, 7) is 1.94. The number of amides is 1. The van der Waals surface area contributed by atoms with Crippen LogP contribution in [0.25, 0.3) is 33.2 Å². The molecule has 3 N–H and O–H groups in total. The number of fused-ring (bicyclic) bond motifs is 2. The van der Waals surface area contributed by atoms with E-state index >= 15 is 0 Å². The minimum atomic E-state index is -0.288. The molecular formula is C24H20N6O2. The largest absolute Gasteiger partial charge is 0.327 e. The topological polar surface area (TPSA) is 105 Å². The number of hydrogen-bond acceptors (Lipinski definition) is 5. The van der Waals surface area contributed by atoms with E-state index in [0.29, 0.717) is 22.5 Å². The number of carbonyl (C=O) groups is 1. The Bertz CT molecular complexity index is 1550. The van der Waals surface area contributed by atoms with Gasteiger partial charge in [-0.05, 0) is 48.4 Å². The first-order chi connectivity index (χ1) is 15.5. The Kier molecular flexibility index (Phi) is 4.67. The summed E-state index contributed by atoms with van der Waals surface area (Å²) in [7, 11) is 1.69. The second-order valence-corrected chi connectivity index (χ2v) is 7.59. The molecule has 1 amide bonds. The van der Waals surface area contributed by atoms with Gasteiger partial charge in [0.15, 0.2) is 5.65 Å². The van der Waals surface area contributed by atoms with E-state index in [1.54, 1.807) is 25.4 Å². The van der Waals surface area contributed by atoms with Gasteiger partial charge in [0, 0.05) is 29.8 Å². The number of anilines is 1. The van der Waals surface area contributed by atoms with Crippen LogP contribution in [0.1, 0.15) is 15.9 Å². The number of benzene rings is 2. The molecule has 0 atom stereocenters. The smallest absolute Gasteiger partial charge is 0.294 e. The zero-order valence-electron chi connectivity index (χ0n) is 17.5. The van der Waals surface area contributed by atoms with Crippen molar-refractivity contribution in [2.45, 2.75) is 6.92 Å². The first-order valence-electron chi connectivity index (χ1n) is 10.1. The van der Waals surface area contributed by atoms with Crippen molar-refractivity contribution in [3.63, 3.8) is 0 Å². The van der Waals surface area contributed by atoms with E-state index in [4.69, 9.17) is 0 Å². The third kappa shape index (κ3) is 3.47. The van der Waals surface area contributed by atoms with Crippen molar-refractivity contribution in [2.24, 2.45) is 7.05 Å². The Labute approximate surface area is 182 Å². The van der Waals surface area contributed by atoms with Crippen molar-refractivity contribution >= 4 is 33.8 Å². The molecule has 3 heterocycles. The third-order valence-electron chi connectivity index (χ3n) is 5.43. The lowest BCUT2D eigenvalue weighted by molar-refractivity contribution is 0.0962. The van der Waals surface area contributed by atoms with Gasteiger partial charge < -0.3 is 0 Å². The van der Waals surface area contributed by atoms with E-state index in [2.05, 4.69) is 25.8 Å². The number of H-pyrrole nitrogens is 1. The molecule has 2 aromatic carbocycles. The van der Waals surface area contributed by atoms with Crippen LogP contribution in [-0.4, -0.2) is 25.4 Å². The lowest BCUT2D eigenvalue weighted by Crippen LogP contribution is -2.30. The van der Waals surface area contributed by atoms with E-state index in [1.807, 2.05) is 55.5 Å². The molecule has 32 heavy (non-hydrogen) atoms. The summed E-state index contributed by atoms with van der Waals surface area (Å²) < 4.78 is 1.51. The monoisotopic (exact) mass is 424 g/mol. The lowest BCUT2D eigenvalue weighted by Gasteiger charge is -2.12. The maximum absolute atomic E-state index is 12.8. The number of aryl methyl sites for hydroxylation is 2. The van der Waals surface area contributed by atoms with Crippen LogP contribution in [0.15, 0.2) is 71.7 Å². The molecule has 8 heteroatoms. The maximum Gasteiger partial charge on any atom is 0.327 e. The quantitative estimate of drug-likeness (QED) is 0.383. The second kappa shape index (κ2) is 7.66. The van der Waals surface area contributed by atoms with Gasteiger partial charge >= 0.3 is 5.69 Å². The van der Waals surface area contributed by atoms with Crippen LogP contribution in [0, 0.1) is 6.92 Å². The molecule has 0 aliphatic carbocycles. The summed E-state index contributed by atoms with van der Waals surface area (Å²) in [5.74, 6) is 0.306. The van der Waals surface area contributed by atoms with E-state index < -0.39 is 0 Å². The molecule has 0 saturated heterocycles. The van der Waals surface area contributed by atoms with Gasteiger partial charge in [-0.25, -0.2) is 14.8 Å². The third-order valence-corrected chi connectivity index (χ3v) is 5.43. The van der Waals surface area contributed by atoms with Crippen LogP contribution in [-0.2, 0) is 7.05 Å². The summed E-state index contributed by atoms with van der Waals surface area (Å²) in [4.78, 5) is 36.2. The number of aromatic amines is 1. The molecule has 0 aliphatic heterocycles. The van der Waals surface area contributed by atoms with Crippen LogP contribution < -0.4 is 16.5 Å². The second-order valence-electron chi connectivity index (χ2n) is 7.59. The predicted molar refractivity (Wildman–Crippen MR) is 124 cm³/mol. The number of para-hydroxylation sites is 1. The fourth-order valence-electron chi connectivity index (χ4n) is 3.63. The van der Waals surface area contributed by atoms with Crippen LogP contribution in [0.2, 0.25) is 0 Å². The average molecular weight is 424 g/mol. The van der Waals surface area contributed by atoms with E-state index in [-0.39, 0.29) is 11.6 Å². The first kappa shape index (κ1) is 19.5. The molecule has 3 aromatic heterocycles. The van der Waals surface area contributed by atoms with Gasteiger partial charge in [0.05, 0.1) is 11.0 Å². The molecule has 0 radical (unpaired) electrons. The minimum absolute atomic E-state index is 0.221. The molecular weight excluding hydrogens is 404 g/mol. The molecule has 0 saturated carbocycles. The number of nitrogens with zero attached hydrogens (tertiary/aromatic N) is 3. The van der Waals surface area contributed by atoms with E-state index in [1.165, 1.54) is 4.57 Å². The highest BCUT2D eigenvalue weighted by atomic mass is 16.2.